The molecule has 2 N–H and O–H groups in total. The van der Waals surface area contributed by atoms with Crippen LogP contribution < -0.4 is 5.90 Å². The van der Waals surface area contributed by atoms with Gasteiger partial charge in [-0.2, -0.15) is 0 Å². The maximum absolute atomic E-state index is 5.55. The van der Waals surface area contributed by atoms with E-state index in [1.165, 1.54) is 116 Å². The Morgan fingerprint density at radius 2 is 0.971 bits per heavy atom. The standard InChI is InChI=1S/C32H59NO/c1-3-5-7-9-11-13-15-16-17-18-19-21-23-25-27-29-31-32(34-33)30-28-26-24-22-20-14-12-10-8-6-4-2/h4,8,10-11,13,16-17,32H,2-3,5-7,9,12,14-15,18-31,33H2,1H3/b10-8-,13-11-,17-16-. The molecule has 0 aromatic carbocycles. The van der Waals surface area contributed by atoms with E-state index in [4.69, 9.17) is 10.7 Å². The molecule has 0 fully saturated rings. The van der Waals surface area contributed by atoms with Crippen molar-refractivity contribution >= 4 is 0 Å². The van der Waals surface area contributed by atoms with E-state index in [2.05, 4.69) is 50.0 Å². The molecule has 0 aliphatic carbocycles. The zero-order valence-electron chi connectivity index (χ0n) is 22.9. The topological polar surface area (TPSA) is 35.2 Å². The molecular formula is C32H59NO. The highest BCUT2D eigenvalue weighted by atomic mass is 16.6. The Morgan fingerprint density at radius 1 is 0.559 bits per heavy atom. The Morgan fingerprint density at radius 3 is 1.41 bits per heavy atom. The average Bonchev–Trinajstić information content (AvgIpc) is 2.85. The van der Waals surface area contributed by atoms with Crippen LogP contribution in [0.4, 0.5) is 0 Å². The van der Waals surface area contributed by atoms with E-state index in [1.54, 1.807) is 0 Å². The summed E-state index contributed by atoms with van der Waals surface area (Å²) in [5.41, 5.74) is 0. The lowest BCUT2D eigenvalue weighted by atomic mass is 10.0. The first-order chi connectivity index (χ1) is 16.8. The summed E-state index contributed by atoms with van der Waals surface area (Å²) in [6.07, 6.45) is 44.1. The van der Waals surface area contributed by atoms with Crippen molar-refractivity contribution in [3.8, 4) is 0 Å². The molecule has 0 saturated carbocycles. The van der Waals surface area contributed by atoms with Crippen molar-refractivity contribution in [2.24, 2.45) is 5.90 Å². The Labute approximate surface area is 214 Å². The van der Waals surface area contributed by atoms with Gasteiger partial charge in [-0.1, -0.05) is 127 Å². The van der Waals surface area contributed by atoms with Crippen LogP contribution in [0, 0.1) is 0 Å². The molecule has 0 aliphatic heterocycles. The highest BCUT2D eigenvalue weighted by molar-refractivity contribution is 4.92. The van der Waals surface area contributed by atoms with Crippen molar-refractivity contribution < 1.29 is 4.84 Å². The lowest BCUT2D eigenvalue weighted by Gasteiger charge is -2.14. The van der Waals surface area contributed by atoms with Gasteiger partial charge in [-0.15, -0.1) is 6.58 Å². The van der Waals surface area contributed by atoms with Crippen LogP contribution in [-0.4, -0.2) is 6.10 Å². The SMILES string of the molecule is C=CC/C=C\CCCCCCCCC(CCCCCCCC/C=C\C/C=C\CCCCC)ON. The van der Waals surface area contributed by atoms with Crippen molar-refractivity contribution in [2.45, 2.75) is 154 Å². The molecule has 34 heavy (non-hydrogen) atoms. The second-order valence-corrected chi connectivity index (χ2v) is 9.83. The van der Waals surface area contributed by atoms with Crippen molar-refractivity contribution in [2.75, 3.05) is 0 Å². The minimum Gasteiger partial charge on any atom is -0.301 e. The Balaban J connectivity index is 3.39. The van der Waals surface area contributed by atoms with Crippen molar-refractivity contribution in [1.82, 2.24) is 0 Å². The summed E-state index contributed by atoms with van der Waals surface area (Å²) in [7, 11) is 0. The van der Waals surface area contributed by atoms with Gasteiger partial charge >= 0.3 is 0 Å². The maximum Gasteiger partial charge on any atom is 0.0787 e. The molecule has 198 valence electrons. The Hall–Kier alpha value is -1.12. The second-order valence-electron chi connectivity index (χ2n) is 9.83. The van der Waals surface area contributed by atoms with Crippen LogP contribution in [0.15, 0.2) is 49.1 Å². The number of rotatable bonds is 27. The zero-order chi connectivity index (χ0) is 24.8. The Bertz CT molecular complexity index is 479. The minimum absolute atomic E-state index is 0.265. The van der Waals surface area contributed by atoms with Crippen LogP contribution in [0.25, 0.3) is 0 Å². The number of nitrogens with two attached hydrogens (primary N) is 1. The first-order valence-electron chi connectivity index (χ1n) is 14.8. The molecule has 0 heterocycles. The van der Waals surface area contributed by atoms with Crippen LogP contribution in [0.2, 0.25) is 0 Å². The number of unbranched alkanes of at least 4 members (excludes halogenated alkanes) is 15. The lowest BCUT2D eigenvalue weighted by Crippen LogP contribution is -2.17. The lowest BCUT2D eigenvalue weighted by molar-refractivity contribution is 0.0378. The zero-order valence-corrected chi connectivity index (χ0v) is 22.9. The summed E-state index contributed by atoms with van der Waals surface area (Å²) in [5.74, 6) is 5.55. The van der Waals surface area contributed by atoms with Crippen molar-refractivity contribution in [3.05, 3.63) is 49.1 Å². The molecule has 0 aromatic rings. The summed E-state index contributed by atoms with van der Waals surface area (Å²) >= 11 is 0. The molecule has 0 bridgehead atoms. The van der Waals surface area contributed by atoms with E-state index in [9.17, 15) is 0 Å². The van der Waals surface area contributed by atoms with E-state index in [0.717, 1.165) is 25.7 Å². The fourth-order valence-corrected chi connectivity index (χ4v) is 4.29. The van der Waals surface area contributed by atoms with Crippen LogP contribution in [0.5, 0.6) is 0 Å². The number of allylic oxidation sites excluding steroid dienone is 7. The van der Waals surface area contributed by atoms with Gasteiger partial charge < -0.3 is 4.84 Å². The van der Waals surface area contributed by atoms with Gasteiger partial charge in [0.25, 0.3) is 0 Å². The summed E-state index contributed by atoms with van der Waals surface area (Å²) in [4.78, 5) is 5.24. The molecule has 0 rings (SSSR count). The molecule has 1 unspecified atom stereocenters. The highest BCUT2D eigenvalue weighted by Crippen LogP contribution is 2.16. The van der Waals surface area contributed by atoms with Gasteiger partial charge in [-0.25, -0.2) is 5.90 Å². The van der Waals surface area contributed by atoms with Gasteiger partial charge in [0.15, 0.2) is 0 Å². The van der Waals surface area contributed by atoms with Gasteiger partial charge in [0.2, 0.25) is 0 Å². The molecule has 0 spiro atoms. The first-order valence-corrected chi connectivity index (χ1v) is 14.8. The molecule has 2 heteroatoms. The van der Waals surface area contributed by atoms with Gasteiger partial charge in [0.1, 0.15) is 0 Å². The molecular weight excluding hydrogens is 414 g/mol. The summed E-state index contributed by atoms with van der Waals surface area (Å²) in [6, 6.07) is 0. The van der Waals surface area contributed by atoms with Crippen molar-refractivity contribution in [1.29, 1.82) is 0 Å². The summed E-state index contributed by atoms with van der Waals surface area (Å²) in [5, 5.41) is 0. The van der Waals surface area contributed by atoms with Gasteiger partial charge in [0, 0.05) is 0 Å². The van der Waals surface area contributed by atoms with Crippen molar-refractivity contribution in [3.63, 3.8) is 0 Å². The van der Waals surface area contributed by atoms with E-state index in [1.807, 2.05) is 6.08 Å². The van der Waals surface area contributed by atoms with Crippen LogP contribution in [-0.2, 0) is 4.84 Å². The van der Waals surface area contributed by atoms with E-state index in [-0.39, 0.29) is 6.10 Å². The maximum atomic E-state index is 5.55. The third-order valence-corrected chi connectivity index (χ3v) is 6.54. The third kappa shape index (κ3) is 27.1. The van der Waals surface area contributed by atoms with E-state index in [0.29, 0.717) is 0 Å². The minimum atomic E-state index is 0.265. The number of hydrogen-bond acceptors (Lipinski definition) is 2. The normalized spacial score (nSPS) is 13.0. The molecule has 0 radical (unpaired) electrons. The number of hydrogen-bond donors (Lipinski definition) is 1. The smallest absolute Gasteiger partial charge is 0.0787 e. The van der Waals surface area contributed by atoms with Crippen LogP contribution >= 0.6 is 0 Å². The highest BCUT2D eigenvalue weighted by Gasteiger charge is 2.07. The summed E-state index contributed by atoms with van der Waals surface area (Å²) in [6.45, 7) is 6.00. The van der Waals surface area contributed by atoms with E-state index >= 15 is 0 Å². The van der Waals surface area contributed by atoms with E-state index < -0.39 is 0 Å². The predicted octanol–water partition coefficient (Wildman–Crippen LogP) is 10.7. The molecule has 1 atom stereocenters. The summed E-state index contributed by atoms with van der Waals surface area (Å²) < 4.78 is 0. The molecule has 0 aromatic heterocycles. The monoisotopic (exact) mass is 473 g/mol. The average molecular weight is 474 g/mol. The fraction of sp³-hybridized carbons (Fsp3) is 0.750. The quantitative estimate of drug-likeness (QED) is 0.0731. The molecule has 0 saturated heterocycles. The predicted molar refractivity (Wildman–Crippen MR) is 154 cm³/mol. The molecule has 0 aliphatic rings. The van der Waals surface area contributed by atoms with Crippen LogP contribution in [0.1, 0.15) is 148 Å². The molecule has 2 nitrogen and oxygen atoms in total. The van der Waals surface area contributed by atoms with Gasteiger partial charge in [-0.3, -0.25) is 0 Å². The fourth-order valence-electron chi connectivity index (χ4n) is 4.29. The van der Waals surface area contributed by atoms with Gasteiger partial charge in [0.05, 0.1) is 6.10 Å². The second kappa shape index (κ2) is 29.9. The largest absolute Gasteiger partial charge is 0.301 e. The first kappa shape index (κ1) is 32.9. The third-order valence-electron chi connectivity index (χ3n) is 6.54. The molecule has 0 amide bonds. The van der Waals surface area contributed by atoms with Crippen LogP contribution in [0.3, 0.4) is 0 Å². The van der Waals surface area contributed by atoms with Gasteiger partial charge in [-0.05, 0) is 64.2 Å². The Kier molecular flexibility index (Phi) is 28.9.